The highest BCUT2D eigenvalue weighted by molar-refractivity contribution is 14.0. The van der Waals surface area contributed by atoms with Crippen LogP contribution in [0.25, 0.3) is 5.69 Å². The number of aromatic nitrogens is 2. The topological polar surface area (TPSA) is 54.2 Å². The Labute approximate surface area is 182 Å². The standard InChI is InChI=1S/C21H24FN5.HI/c1-2-24-21(25-12-11-17-7-9-19(22)10-8-17)26-15-18-5-3-4-6-20(18)27-14-13-23-16-27;/h3-10,13-14,16H,2,11-12,15H2,1H3,(H2,24,25,26);1H. The Hall–Kier alpha value is -2.42. The molecule has 2 N–H and O–H groups in total. The van der Waals surface area contributed by atoms with Crippen molar-refractivity contribution in [1.82, 2.24) is 20.2 Å². The molecule has 0 aliphatic carbocycles. The molecule has 3 rings (SSSR count). The lowest BCUT2D eigenvalue weighted by molar-refractivity contribution is 0.626. The maximum Gasteiger partial charge on any atom is 0.191 e. The molecule has 0 saturated heterocycles. The van der Waals surface area contributed by atoms with Crippen molar-refractivity contribution >= 4 is 29.9 Å². The summed E-state index contributed by atoms with van der Waals surface area (Å²) >= 11 is 0. The van der Waals surface area contributed by atoms with Crippen LogP contribution in [0.4, 0.5) is 4.39 Å². The summed E-state index contributed by atoms with van der Waals surface area (Å²) in [5.74, 6) is 0.554. The first-order chi connectivity index (χ1) is 13.3. The summed E-state index contributed by atoms with van der Waals surface area (Å²) in [6.45, 7) is 4.10. The number of para-hydroxylation sites is 1. The molecule has 0 saturated carbocycles. The fraction of sp³-hybridized carbons (Fsp3) is 0.238. The van der Waals surface area contributed by atoms with Crippen LogP contribution in [0.5, 0.6) is 0 Å². The predicted molar refractivity (Wildman–Crippen MR) is 122 cm³/mol. The fourth-order valence-corrected chi connectivity index (χ4v) is 2.78. The van der Waals surface area contributed by atoms with Gasteiger partial charge in [-0.05, 0) is 42.7 Å². The van der Waals surface area contributed by atoms with Gasteiger partial charge in [0.15, 0.2) is 5.96 Å². The van der Waals surface area contributed by atoms with E-state index in [1.165, 1.54) is 12.1 Å². The minimum atomic E-state index is -0.210. The van der Waals surface area contributed by atoms with E-state index in [1.807, 2.05) is 42.0 Å². The maximum absolute atomic E-state index is 13.0. The van der Waals surface area contributed by atoms with Gasteiger partial charge in [-0.2, -0.15) is 0 Å². The lowest BCUT2D eigenvalue weighted by Gasteiger charge is -2.13. The average Bonchev–Trinajstić information content (AvgIpc) is 3.22. The Morgan fingerprint density at radius 2 is 1.89 bits per heavy atom. The van der Waals surface area contributed by atoms with Gasteiger partial charge in [-0.1, -0.05) is 30.3 Å². The molecule has 3 aromatic rings. The van der Waals surface area contributed by atoms with E-state index in [-0.39, 0.29) is 29.8 Å². The third-order valence-corrected chi connectivity index (χ3v) is 4.15. The molecule has 0 aliphatic heterocycles. The molecule has 0 spiro atoms. The number of imidazole rings is 1. The van der Waals surface area contributed by atoms with Gasteiger partial charge in [-0.3, -0.25) is 0 Å². The van der Waals surface area contributed by atoms with Gasteiger partial charge in [0.05, 0.1) is 18.6 Å². The molecule has 1 heterocycles. The van der Waals surface area contributed by atoms with Gasteiger partial charge in [-0.15, -0.1) is 24.0 Å². The molecule has 0 unspecified atom stereocenters. The summed E-state index contributed by atoms with van der Waals surface area (Å²) in [7, 11) is 0. The molecule has 7 heteroatoms. The third-order valence-electron chi connectivity index (χ3n) is 4.15. The minimum Gasteiger partial charge on any atom is -0.357 e. The number of hydrogen-bond acceptors (Lipinski definition) is 2. The monoisotopic (exact) mass is 493 g/mol. The van der Waals surface area contributed by atoms with Crippen LogP contribution in [0.1, 0.15) is 18.1 Å². The van der Waals surface area contributed by atoms with E-state index in [4.69, 9.17) is 4.99 Å². The highest BCUT2D eigenvalue weighted by atomic mass is 127. The molecular formula is C21H25FIN5. The minimum absolute atomic E-state index is 0. The van der Waals surface area contributed by atoms with Crippen molar-refractivity contribution < 1.29 is 4.39 Å². The average molecular weight is 493 g/mol. The van der Waals surface area contributed by atoms with Crippen LogP contribution < -0.4 is 10.6 Å². The zero-order chi connectivity index (χ0) is 18.9. The Balaban J connectivity index is 0.00000280. The lowest BCUT2D eigenvalue weighted by Crippen LogP contribution is -2.38. The van der Waals surface area contributed by atoms with E-state index in [2.05, 4.69) is 27.8 Å². The number of nitrogens with zero attached hydrogens (tertiary/aromatic N) is 3. The van der Waals surface area contributed by atoms with Gasteiger partial charge < -0.3 is 15.2 Å². The van der Waals surface area contributed by atoms with E-state index in [0.717, 1.165) is 42.3 Å². The second-order valence-electron chi connectivity index (χ2n) is 6.10. The van der Waals surface area contributed by atoms with Crippen LogP contribution in [0.2, 0.25) is 0 Å². The SMILES string of the molecule is CCNC(=NCc1ccccc1-n1ccnc1)NCCc1ccc(F)cc1.I. The van der Waals surface area contributed by atoms with Gasteiger partial charge in [0.1, 0.15) is 5.82 Å². The number of benzene rings is 2. The number of guanidine groups is 1. The van der Waals surface area contributed by atoms with Crippen molar-refractivity contribution in [2.75, 3.05) is 13.1 Å². The second-order valence-corrected chi connectivity index (χ2v) is 6.10. The Kier molecular flexibility index (Phi) is 8.93. The summed E-state index contributed by atoms with van der Waals surface area (Å²) in [4.78, 5) is 8.82. The fourth-order valence-electron chi connectivity index (χ4n) is 2.78. The van der Waals surface area contributed by atoms with Crippen LogP contribution >= 0.6 is 24.0 Å². The zero-order valence-electron chi connectivity index (χ0n) is 15.8. The van der Waals surface area contributed by atoms with Crippen LogP contribution in [-0.4, -0.2) is 28.6 Å². The molecule has 0 fully saturated rings. The quantitative estimate of drug-likeness (QED) is 0.298. The van der Waals surface area contributed by atoms with Gasteiger partial charge in [0.25, 0.3) is 0 Å². The van der Waals surface area contributed by atoms with E-state index >= 15 is 0 Å². The van der Waals surface area contributed by atoms with Crippen molar-refractivity contribution in [2.45, 2.75) is 19.9 Å². The molecular weight excluding hydrogens is 468 g/mol. The summed E-state index contributed by atoms with van der Waals surface area (Å²) in [5, 5.41) is 6.60. The Morgan fingerprint density at radius 1 is 1.11 bits per heavy atom. The number of nitrogens with one attached hydrogen (secondary N) is 2. The predicted octanol–water partition coefficient (Wildman–Crippen LogP) is 3.93. The zero-order valence-corrected chi connectivity index (χ0v) is 18.1. The molecule has 0 aliphatic rings. The molecule has 148 valence electrons. The smallest absolute Gasteiger partial charge is 0.191 e. The number of aliphatic imine (C=N–C) groups is 1. The maximum atomic E-state index is 13.0. The first kappa shape index (κ1) is 21.9. The van der Waals surface area contributed by atoms with Crippen LogP contribution in [0.3, 0.4) is 0 Å². The van der Waals surface area contributed by atoms with Crippen molar-refractivity contribution in [2.24, 2.45) is 4.99 Å². The van der Waals surface area contributed by atoms with Gasteiger partial charge >= 0.3 is 0 Å². The molecule has 28 heavy (non-hydrogen) atoms. The normalized spacial score (nSPS) is 11.0. The highest BCUT2D eigenvalue weighted by Gasteiger charge is 2.04. The van der Waals surface area contributed by atoms with Crippen molar-refractivity contribution in [3.8, 4) is 5.69 Å². The summed E-state index contributed by atoms with van der Waals surface area (Å²) in [6, 6.07) is 14.7. The Morgan fingerprint density at radius 3 is 2.61 bits per heavy atom. The molecule has 1 aromatic heterocycles. The van der Waals surface area contributed by atoms with E-state index in [9.17, 15) is 4.39 Å². The molecule has 2 aromatic carbocycles. The van der Waals surface area contributed by atoms with Crippen molar-refractivity contribution in [3.05, 3.63) is 84.2 Å². The van der Waals surface area contributed by atoms with Crippen molar-refractivity contribution in [1.29, 1.82) is 0 Å². The molecule has 0 atom stereocenters. The summed E-state index contributed by atoms with van der Waals surface area (Å²) in [5.41, 5.74) is 3.28. The van der Waals surface area contributed by atoms with Crippen molar-refractivity contribution in [3.63, 3.8) is 0 Å². The molecule has 0 amide bonds. The van der Waals surface area contributed by atoms with E-state index in [0.29, 0.717) is 6.54 Å². The van der Waals surface area contributed by atoms with Gasteiger partial charge in [0.2, 0.25) is 0 Å². The Bertz CT molecular complexity index is 863. The van der Waals surface area contributed by atoms with E-state index < -0.39 is 0 Å². The van der Waals surface area contributed by atoms with Gasteiger partial charge in [0, 0.05) is 25.5 Å². The van der Waals surface area contributed by atoms with Crippen LogP contribution in [-0.2, 0) is 13.0 Å². The molecule has 0 bridgehead atoms. The first-order valence-corrected chi connectivity index (χ1v) is 9.09. The first-order valence-electron chi connectivity index (χ1n) is 9.09. The number of rotatable bonds is 7. The van der Waals surface area contributed by atoms with Crippen LogP contribution in [0, 0.1) is 5.82 Å². The summed E-state index contributed by atoms with van der Waals surface area (Å²) in [6.07, 6.45) is 6.28. The third kappa shape index (κ3) is 6.33. The lowest BCUT2D eigenvalue weighted by atomic mass is 10.1. The van der Waals surface area contributed by atoms with E-state index in [1.54, 1.807) is 12.5 Å². The highest BCUT2D eigenvalue weighted by Crippen LogP contribution is 2.15. The molecule has 0 radical (unpaired) electrons. The summed E-state index contributed by atoms with van der Waals surface area (Å²) < 4.78 is 15.0. The number of hydrogen-bond donors (Lipinski definition) is 2. The second kappa shape index (κ2) is 11.4. The molecule has 5 nitrogen and oxygen atoms in total. The largest absolute Gasteiger partial charge is 0.357 e. The van der Waals surface area contributed by atoms with Gasteiger partial charge in [-0.25, -0.2) is 14.4 Å². The van der Waals surface area contributed by atoms with Crippen LogP contribution in [0.15, 0.2) is 72.2 Å². The number of halogens is 2.